The predicted octanol–water partition coefficient (Wildman–Crippen LogP) is 1.62. The highest BCUT2D eigenvalue weighted by Crippen LogP contribution is 2.23. The lowest BCUT2D eigenvalue weighted by atomic mass is 9.94. The van der Waals surface area contributed by atoms with Gasteiger partial charge in [0.2, 0.25) is 0 Å². The Kier molecular flexibility index (Phi) is 3.74. The quantitative estimate of drug-likeness (QED) is 0.850. The van der Waals surface area contributed by atoms with Gasteiger partial charge >= 0.3 is 12.0 Å². The molecule has 1 atom stereocenters. The number of aliphatic carboxylic acids is 1. The number of urea groups is 1. The van der Waals surface area contributed by atoms with E-state index in [1.54, 1.807) is 0 Å². The summed E-state index contributed by atoms with van der Waals surface area (Å²) in [6.45, 7) is 4.04. The van der Waals surface area contributed by atoms with E-state index in [4.69, 9.17) is 0 Å². The fourth-order valence-corrected chi connectivity index (χ4v) is 2.29. The van der Waals surface area contributed by atoms with E-state index in [2.05, 4.69) is 5.32 Å². The molecule has 5 heteroatoms. The second kappa shape index (κ2) is 5.30. The third-order valence-electron chi connectivity index (χ3n) is 3.21. The van der Waals surface area contributed by atoms with E-state index in [1.807, 2.05) is 38.1 Å². The molecule has 1 aromatic carbocycles. The highest BCUT2D eigenvalue weighted by molar-refractivity contribution is 5.83. The summed E-state index contributed by atoms with van der Waals surface area (Å²) in [6.07, 6.45) is 0.358. The summed E-state index contributed by atoms with van der Waals surface area (Å²) in [5.74, 6) is -0.964. The molecule has 0 aliphatic carbocycles. The van der Waals surface area contributed by atoms with Gasteiger partial charge in [-0.25, -0.2) is 9.59 Å². The zero-order chi connectivity index (χ0) is 14.0. The molecule has 0 fully saturated rings. The van der Waals surface area contributed by atoms with E-state index >= 15 is 0 Å². The number of amides is 2. The molecule has 0 unspecified atom stereocenters. The van der Waals surface area contributed by atoms with Crippen LogP contribution in [0.1, 0.15) is 25.0 Å². The zero-order valence-electron chi connectivity index (χ0n) is 11.1. The Morgan fingerprint density at radius 1 is 1.32 bits per heavy atom. The minimum atomic E-state index is -0.964. The molecular weight excluding hydrogens is 244 g/mol. The SMILES string of the molecule is CC(C)NC(=O)N1Cc2ccccc2C[C@@H]1C(=O)O. The number of benzene rings is 1. The third-order valence-corrected chi connectivity index (χ3v) is 3.21. The number of nitrogens with zero attached hydrogens (tertiary/aromatic N) is 1. The van der Waals surface area contributed by atoms with Crippen molar-refractivity contribution < 1.29 is 14.7 Å². The van der Waals surface area contributed by atoms with Crippen molar-refractivity contribution in [2.24, 2.45) is 0 Å². The van der Waals surface area contributed by atoms with Gasteiger partial charge in [0.1, 0.15) is 6.04 Å². The molecule has 0 radical (unpaired) electrons. The molecule has 2 amide bonds. The normalized spacial score (nSPS) is 18.1. The van der Waals surface area contributed by atoms with Gasteiger partial charge in [0.15, 0.2) is 0 Å². The minimum absolute atomic E-state index is 0.0147. The molecule has 0 bridgehead atoms. The van der Waals surface area contributed by atoms with Crippen LogP contribution < -0.4 is 5.32 Å². The number of fused-ring (bicyclic) bond motifs is 1. The van der Waals surface area contributed by atoms with Crippen LogP contribution >= 0.6 is 0 Å². The first-order chi connectivity index (χ1) is 8.99. The second-order valence-corrected chi connectivity index (χ2v) is 5.06. The number of rotatable bonds is 2. The van der Waals surface area contributed by atoms with Crippen LogP contribution in [0.5, 0.6) is 0 Å². The highest BCUT2D eigenvalue weighted by Gasteiger charge is 2.34. The van der Waals surface area contributed by atoms with Crippen LogP contribution in [0.4, 0.5) is 4.79 Å². The molecule has 2 rings (SSSR count). The number of carbonyl (C=O) groups is 2. The molecule has 1 aliphatic heterocycles. The topological polar surface area (TPSA) is 69.6 Å². The van der Waals surface area contributed by atoms with E-state index < -0.39 is 12.0 Å². The number of hydrogen-bond donors (Lipinski definition) is 2. The monoisotopic (exact) mass is 262 g/mol. The van der Waals surface area contributed by atoms with Crippen LogP contribution in [0.2, 0.25) is 0 Å². The van der Waals surface area contributed by atoms with Crippen LogP contribution in [0.3, 0.4) is 0 Å². The van der Waals surface area contributed by atoms with Crippen LogP contribution in [0.15, 0.2) is 24.3 Å². The average molecular weight is 262 g/mol. The first-order valence-electron chi connectivity index (χ1n) is 6.35. The first-order valence-corrected chi connectivity index (χ1v) is 6.35. The summed E-state index contributed by atoms with van der Waals surface area (Å²) in [5.41, 5.74) is 2.02. The van der Waals surface area contributed by atoms with E-state index in [1.165, 1.54) is 4.90 Å². The zero-order valence-corrected chi connectivity index (χ0v) is 11.1. The smallest absolute Gasteiger partial charge is 0.326 e. The van der Waals surface area contributed by atoms with Crippen molar-refractivity contribution in [2.75, 3.05) is 0 Å². The van der Waals surface area contributed by atoms with Crippen LogP contribution in [0, 0.1) is 0 Å². The summed E-state index contributed by atoms with van der Waals surface area (Å²) in [4.78, 5) is 24.8. The lowest BCUT2D eigenvalue weighted by molar-refractivity contribution is -0.142. The molecule has 102 valence electrons. The Morgan fingerprint density at radius 2 is 1.95 bits per heavy atom. The number of nitrogens with one attached hydrogen (secondary N) is 1. The summed E-state index contributed by atoms with van der Waals surface area (Å²) in [6, 6.07) is 6.51. The molecular formula is C14H18N2O3. The van der Waals surface area contributed by atoms with Crippen molar-refractivity contribution in [3.05, 3.63) is 35.4 Å². The standard InChI is InChI=1S/C14H18N2O3/c1-9(2)15-14(19)16-8-11-6-4-3-5-10(11)7-12(16)13(17)18/h3-6,9,12H,7-8H2,1-2H3,(H,15,19)(H,17,18)/t12-/m1/s1. The molecule has 2 N–H and O–H groups in total. The number of carbonyl (C=O) groups excluding carboxylic acids is 1. The van der Waals surface area contributed by atoms with Crippen molar-refractivity contribution in [2.45, 2.75) is 38.9 Å². The Morgan fingerprint density at radius 3 is 2.53 bits per heavy atom. The van der Waals surface area contributed by atoms with Gasteiger partial charge in [0.25, 0.3) is 0 Å². The Bertz CT molecular complexity index is 499. The van der Waals surface area contributed by atoms with Crippen LogP contribution in [-0.4, -0.2) is 34.1 Å². The number of carboxylic acid groups (broad SMARTS) is 1. The van der Waals surface area contributed by atoms with Crippen LogP contribution in [-0.2, 0) is 17.8 Å². The number of carboxylic acids is 1. The van der Waals surface area contributed by atoms with E-state index in [-0.39, 0.29) is 12.1 Å². The summed E-state index contributed by atoms with van der Waals surface area (Å²) < 4.78 is 0. The molecule has 0 aromatic heterocycles. The fourth-order valence-electron chi connectivity index (χ4n) is 2.29. The average Bonchev–Trinajstić information content (AvgIpc) is 2.36. The van der Waals surface area contributed by atoms with Gasteiger partial charge in [-0.15, -0.1) is 0 Å². The van der Waals surface area contributed by atoms with Gasteiger partial charge in [-0.2, -0.15) is 0 Å². The van der Waals surface area contributed by atoms with Gasteiger partial charge in [-0.1, -0.05) is 24.3 Å². The van der Waals surface area contributed by atoms with Gasteiger partial charge in [-0.05, 0) is 25.0 Å². The summed E-state index contributed by atoms with van der Waals surface area (Å²) in [5, 5.41) is 12.0. The predicted molar refractivity (Wildman–Crippen MR) is 70.8 cm³/mol. The van der Waals surface area contributed by atoms with Gasteiger partial charge in [0, 0.05) is 19.0 Å². The molecule has 0 saturated heterocycles. The van der Waals surface area contributed by atoms with E-state index in [0.717, 1.165) is 11.1 Å². The molecule has 1 aromatic rings. The van der Waals surface area contributed by atoms with Crippen molar-refractivity contribution in [3.63, 3.8) is 0 Å². The van der Waals surface area contributed by atoms with E-state index in [0.29, 0.717) is 13.0 Å². The molecule has 0 saturated carbocycles. The first kappa shape index (κ1) is 13.4. The number of hydrogen-bond acceptors (Lipinski definition) is 2. The molecule has 0 spiro atoms. The van der Waals surface area contributed by atoms with Gasteiger partial charge < -0.3 is 15.3 Å². The van der Waals surface area contributed by atoms with Gasteiger partial charge in [0.05, 0.1) is 0 Å². The van der Waals surface area contributed by atoms with Gasteiger partial charge in [-0.3, -0.25) is 0 Å². The van der Waals surface area contributed by atoms with E-state index in [9.17, 15) is 14.7 Å². The van der Waals surface area contributed by atoms with Crippen molar-refractivity contribution in [1.29, 1.82) is 0 Å². The largest absolute Gasteiger partial charge is 0.480 e. The summed E-state index contributed by atoms with van der Waals surface area (Å²) >= 11 is 0. The summed E-state index contributed by atoms with van der Waals surface area (Å²) in [7, 11) is 0. The molecule has 19 heavy (non-hydrogen) atoms. The lowest BCUT2D eigenvalue weighted by Gasteiger charge is -2.34. The maximum Gasteiger partial charge on any atom is 0.326 e. The van der Waals surface area contributed by atoms with Crippen molar-refractivity contribution >= 4 is 12.0 Å². The van der Waals surface area contributed by atoms with Crippen molar-refractivity contribution in [3.8, 4) is 0 Å². The Labute approximate surface area is 112 Å². The molecule has 1 aliphatic rings. The maximum absolute atomic E-state index is 12.1. The third kappa shape index (κ3) is 2.86. The Hall–Kier alpha value is -2.04. The highest BCUT2D eigenvalue weighted by atomic mass is 16.4. The molecule has 1 heterocycles. The molecule has 5 nitrogen and oxygen atoms in total. The van der Waals surface area contributed by atoms with Crippen LogP contribution in [0.25, 0.3) is 0 Å². The second-order valence-electron chi connectivity index (χ2n) is 5.06. The lowest BCUT2D eigenvalue weighted by Crippen LogP contribution is -2.53. The van der Waals surface area contributed by atoms with Crippen molar-refractivity contribution in [1.82, 2.24) is 10.2 Å². The minimum Gasteiger partial charge on any atom is -0.480 e. The fraction of sp³-hybridized carbons (Fsp3) is 0.429. The maximum atomic E-state index is 12.1. The Balaban J connectivity index is 2.26.